The van der Waals surface area contributed by atoms with Crippen molar-refractivity contribution in [2.75, 3.05) is 13.1 Å². The minimum absolute atomic E-state index is 0.967. The van der Waals surface area contributed by atoms with Crippen molar-refractivity contribution in [3.05, 3.63) is 0 Å². The third kappa shape index (κ3) is 4.86. The van der Waals surface area contributed by atoms with E-state index in [-0.39, 0.29) is 0 Å². The second-order valence-corrected chi connectivity index (χ2v) is 5.78. The summed E-state index contributed by atoms with van der Waals surface area (Å²) in [6.45, 7) is 9.48. The number of unbranched alkanes of at least 4 members (excludes halogenated alkanes) is 1. The third-order valence-corrected chi connectivity index (χ3v) is 4.16. The van der Waals surface area contributed by atoms with Crippen LogP contribution in [0.15, 0.2) is 0 Å². The summed E-state index contributed by atoms with van der Waals surface area (Å²) in [5.41, 5.74) is 0. The van der Waals surface area contributed by atoms with E-state index in [2.05, 4.69) is 26.1 Å². The van der Waals surface area contributed by atoms with Gasteiger partial charge < -0.3 is 5.32 Å². The molecule has 96 valence electrons. The first-order valence-corrected chi connectivity index (χ1v) is 7.48. The molecule has 1 saturated carbocycles. The van der Waals surface area contributed by atoms with Gasteiger partial charge >= 0.3 is 0 Å². The highest BCUT2D eigenvalue weighted by Gasteiger charge is 2.27. The maximum absolute atomic E-state index is 3.63. The summed E-state index contributed by atoms with van der Waals surface area (Å²) < 4.78 is 0. The molecule has 0 bridgehead atoms. The Labute approximate surface area is 102 Å². The molecule has 1 aliphatic carbocycles. The maximum Gasteiger partial charge on any atom is -0.00179 e. The molecule has 1 heteroatoms. The maximum atomic E-state index is 3.63. The second kappa shape index (κ2) is 8.11. The third-order valence-electron chi connectivity index (χ3n) is 4.16. The van der Waals surface area contributed by atoms with Crippen molar-refractivity contribution in [1.29, 1.82) is 0 Å². The molecule has 0 spiro atoms. The average Bonchev–Trinajstić information content (AvgIpc) is 2.29. The SMILES string of the molecule is CCCCC1CC(C)CCC1CNCCC. The molecule has 0 aliphatic heterocycles. The van der Waals surface area contributed by atoms with Gasteiger partial charge in [0.25, 0.3) is 0 Å². The summed E-state index contributed by atoms with van der Waals surface area (Å²) in [5, 5.41) is 3.63. The Morgan fingerprint density at radius 1 is 1.06 bits per heavy atom. The molecule has 16 heavy (non-hydrogen) atoms. The zero-order valence-corrected chi connectivity index (χ0v) is 11.6. The monoisotopic (exact) mass is 225 g/mol. The first kappa shape index (κ1) is 14.0. The molecular formula is C15H31N. The molecule has 3 unspecified atom stereocenters. The van der Waals surface area contributed by atoms with Crippen LogP contribution in [0.5, 0.6) is 0 Å². The Kier molecular flexibility index (Phi) is 7.11. The van der Waals surface area contributed by atoms with Gasteiger partial charge in [0.1, 0.15) is 0 Å². The smallest absolute Gasteiger partial charge is 0.00179 e. The zero-order chi connectivity index (χ0) is 11.8. The molecule has 0 heterocycles. The predicted molar refractivity (Wildman–Crippen MR) is 72.7 cm³/mol. The average molecular weight is 225 g/mol. The van der Waals surface area contributed by atoms with Crippen LogP contribution in [0, 0.1) is 17.8 Å². The molecule has 1 fully saturated rings. The Hall–Kier alpha value is -0.0400. The van der Waals surface area contributed by atoms with Crippen LogP contribution < -0.4 is 5.32 Å². The quantitative estimate of drug-likeness (QED) is 0.639. The van der Waals surface area contributed by atoms with Crippen LogP contribution in [-0.4, -0.2) is 13.1 Å². The molecule has 0 amide bonds. The van der Waals surface area contributed by atoms with Gasteiger partial charge in [-0.05, 0) is 50.1 Å². The Bertz CT molecular complexity index is 167. The van der Waals surface area contributed by atoms with Gasteiger partial charge in [-0.2, -0.15) is 0 Å². The van der Waals surface area contributed by atoms with Crippen LogP contribution >= 0.6 is 0 Å². The number of nitrogens with one attached hydrogen (secondary N) is 1. The van der Waals surface area contributed by atoms with E-state index >= 15 is 0 Å². The largest absolute Gasteiger partial charge is 0.316 e. The van der Waals surface area contributed by atoms with Crippen molar-refractivity contribution >= 4 is 0 Å². The van der Waals surface area contributed by atoms with E-state index in [1.807, 2.05) is 0 Å². The molecule has 0 aromatic heterocycles. The van der Waals surface area contributed by atoms with Crippen molar-refractivity contribution in [3.63, 3.8) is 0 Å². The molecule has 0 aromatic carbocycles. The normalized spacial score (nSPS) is 30.6. The fourth-order valence-corrected chi connectivity index (χ4v) is 3.11. The Morgan fingerprint density at radius 3 is 2.56 bits per heavy atom. The second-order valence-electron chi connectivity index (χ2n) is 5.78. The van der Waals surface area contributed by atoms with Crippen LogP contribution in [-0.2, 0) is 0 Å². The molecule has 1 N–H and O–H groups in total. The first-order chi connectivity index (χ1) is 7.77. The minimum atomic E-state index is 0.967. The van der Waals surface area contributed by atoms with Crippen molar-refractivity contribution < 1.29 is 0 Å². The molecule has 3 atom stereocenters. The van der Waals surface area contributed by atoms with E-state index in [0.717, 1.165) is 17.8 Å². The van der Waals surface area contributed by atoms with Crippen molar-refractivity contribution in [2.24, 2.45) is 17.8 Å². The van der Waals surface area contributed by atoms with Crippen LogP contribution in [0.1, 0.15) is 65.7 Å². The number of hydrogen-bond acceptors (Lipinski definition) is 1. The lowest BCUT2D eigenvalue weighted by atomic mass is 9.72. The molecule has 0 radical (unpaired) electrons. The summed E-state index contributed by atoms with van der Waals surface area (Å²) in [7, 11) is 0. The lowest BCUT2D eigenvalue weighted by Gasteiger charge is -2.35. The topological polar surface area (TPSA) is 12.0 Å². The van der Waals surface area contributed by atoms with Gasteiger partial charge in [0.2, 0.25) is 0 Å². The van der Waals surface area contributed by atoms with Crippen LogP contribution in [0.25, 0.3) is 0 Å². The van der Waals surface area contributed by atoms with E-state index in [1.54, 1.807) is 0 Å². The first-order valence-electron chi connectivity index (χ1n) is 7.48. The number of hydrogen-bond donors (Lipinski definition) is 1. The highest BCUT2D eigenvalue weighted by molar-refractivity contribution is 4.80. The highest BCUT2D eigenvalue weighted by atomic mass is 14.9. The van der Waals surface area contributed by atoms with Gasteiger partial charge in [0.15, 0.2) is 0 Å². The Balaban J connectivity index is 2.31. The highest BCUT2D eigenvalue weighted by Crippen LogP contribution is 2.36. The summed E-state index contributed by atoms with van der Waals surface area (Å²) in [6.07, 6.45) is 9.94. The van der Waals surface area contributed by atoms with Crippen LogP contribution in [0.2, 0.25) is 0 Å². The summed E-state index contributed by atoms with van der Waals surface area (Å²) in [6, 6.07) is 0. The van der Waals surface area contributed by atoms with Gasteiger partial charge in [-0.15, -0.1) is 0 Å². The van der Waals surface area contributed by atoms with Crippen molar-refractivity contribution in [2.45, 2.75) is 65.7 Å². The molecule has 0 aromatic rings. The lowest BCUT2D eigenvalue weighted by molar-refractivity contribution is 0.172. The van der Waals surface area contributed by atoms with Gasteiger partial charge in [0.05, 0.1) is 0 Å². The predicted octanol–water partition coefficient (Wildman–Crippen LogP) is 4.23. The van der Waals surface area contributed by atoms with Gasteiger partial charge in [-0.25, -0.2) is 0 Å². The van der Waals surface area contributed by atoms with E-state index in [9.17, 15) is 0 Å². The van der Waals surface area contributed by atoms with E-state index in [1.165, 1.54) is 58.0 Å². The fraction of sp³-hybridized carbons (Fsp3) is 1.00. The van der Waals surface area contributed by atoms with E-state index < -0.39 is 0 Å². The van der Waals surface area contributed by atoms with E-state index in [4.69, 9.17) is 0 Å². The standard InChI is InChI=1S/C15H31N/c1-4-6-7-14-11-13(3)8-9-15(14)12-16-10-5-2/h13-16H,4-12H2,1-3H3. The molecule has 1 nitrogen and oxygen atoms in total. The Morgan fingerprint density at radius 2 is 1.88 bits per heavy atom. The van der Waals surface area contributed by atoms with Crippen molar-refractivity contribution in [1.82, 2.24) is 5.32 Å². The molecular weight excluding hydrogens is 194 g/mol. The minimum Gasteiger partial charge on any atom is -0.316 e. The summed E-state index contributed by atoms with van der Waals surface area (Å²) >= 11 is 0. The van der Waals surface area contributed by atoms with Gasteiger partial charge in [-0.3, -0.25) is 0 Å². The van der Waals surface area contributed by atoms with Gasteiger partial charge in [-0.1, -0.05) is 46.5 Å². The lowest BCUT2D eigenvalue weighted by Crippen LogP contribution is -2.33. The van der Waals surface area contributed by atoms with Crippen molar-refractivity contribution in [3.8, 4) is 0 Å². The summed E-state index contributed by atoms with van der Waals surface area (Å²) in [5.74, 6) is 2.95. The van der Waals surface area contributed by atoms with E-state index in [0.29, 0.717) is 0 Å². The van der Waals surface area contributed by atoms with Crippen LogP contribution in [0.4, 0.5) is 0 Å². The zero-order valence-electron chi connectivity index (χ0n) is 11.6. The van der Waals surface area contributed by atoms with Crippen LogP contribution in [0.3, 0.4) is 0 Å². The van der Waals surface area contributed by atoms with Gasteiger partial charge in [0, 0.05) is 0 Å². The summed E-state index contributed by atoms with van der Waals surface area (Å²) in [4.78, 5) is 0. The molecule has 0 saturated heterocycles. The fourth-order valence-electron chi connectivity index (χ4n) is 3.11. The molecule has 1 aliphatic rings. The molecule has 1 rings (SSSR count). The number of rotatable bonds is 7.